The number of carbonyl (C=O) groups is 2. The Morgan fingerprint density at radius 2 is 0.776 bits per heavy atom. The summed E-state index contributed by atoms with van der Waals surface area (Å²) in [5.74, 6) is -0.411. The number of carbonyl (C=O) groups excluding carboxylic acids is 2. The van der Waals surface area contributed by atoms with Gasteiger partial charge in [-0.1, -0.05) is 237 Å². The Bertz CT molecular complexity index is 924. The molecule has 0 aliphatic rings. The normalized spacial score (nSPS) is 12.4. The predicted octanol–water partition coefficient (Wildman–Crippen LogP) is 17.0. The van der Waals surface area contributed by atoms with Crippen LogP contribution in [0.3, 0.4) is 0 Å². The highest BCUT2D eigenvalue weighted by Crippen LogP contribution is 2.16. The first-order valence-corrected chi connectivity index (χ1v) is 25.5. The van der Waals surface area contributed by atoms with Crippen molar-refractivity contribution >= 4 is 11.9 Å². The van der Waals surface area contributed by atoms with Gasteiger partial charge in [-0.25, -0.2) is 0 Å². The third-order valence-corrected chi connectivity index (χ3v) is 11.2. The molecule has 0 radical (unpaired) electrons. The molecule has 0 amide bonds. The van der Waals surface area contributed by atoms with Crippen LogP contribution in [-0.2, 0) is 23.8 Å². The average Bonchev–Trinajstić information content (AvgIpc) is 3.22. The zero-order chi connectivity index (χ0) is 42.1. The molecule has 5 nitrogen and oxygen atoms in total. The van der Waals surface area contributed by atoms with E-state index in [9.17, 15) is 9.59 Å². The molecule has 1 atom stereocenters. The van der Waals surface area contributed by atoms with E-state index in [0.29, 0.717) is 19.4 Å². The largest absolute Gasteiger partial charge is 0.462 e. The van der Waals surface area contributed by atoms with Crippen molar-refractivity contribution in [3.05, 3.63) is 36.5 Å². The van der Waals surface area contributed by atoms with E-state index in [0.717, 1.165) is 64.2 Å². The lowest BCUT2D eigenvalue weighted by Gasteiger charge is -2.18. The van der Waals surface area contributed by atoms with Crippen LogP contribution in [0, 0.1) is 0 Å². The standard InChI is InChI=1S/C53H98O5/c1-4-7-10-13-16-18-20-22-24-25-26-27-28-30-32-34-36-39-42-45-48-56-49-51(58-53(55)47-44-41-37-15-12-9-6-3)50-57-52(54)46-43-40-38-35-33-31-29-23-21-19-17-14-11-8-5-2/h8,11,17,19,23,29,51H,4-7,9-10,12-16,18,20-22,24-28,30-50H2,1-3H3/b11-8-,19-17-,29-23-. The molecule has 0 N–H and O–H groups in total. The van der Waals surface area contributed by atoms with E-state index in [1.165, 1.54) is 167 Å². The zero-order valence-electron chi connectivity index (χ0n) is 39.1. The van der Waals surface area contributed by atoms with Gasteiger partial charge in [0.2, 0.25) is 0 Å². The lowest BCUT2D eigenvalue weighted by Crippen LogP contribution is -2.30. The first-order valence-electron chi connectivity index (χ1n) is 25.5. The minimum atomic E-state index is -0.535. The van der Waals surface area contributed by atoms with E-state index in [2.05, 4.69) is 57.2 Å². The third kappa shape index (κ3) is 46.8. The Hall–Kier alpha value is -1.88. The lowest BCUT2D eigenvalue weighted by molar-refractivity contribution is -0.163. The number of hydrogen-bond donors (Lipinski definition) is 0. The molecule has 0 aromatic rings. The molecule has 0 aromatic heterocycles. The Morgan fingerprint density at radius 3 is 1.24 bits per heavy atom. The number of unbranched alkanes of at least 4 members (excludes halogenated alkanes) is 30. The molecule has 0 aliphatic carbocycles. The molecule has 0 aromatic carbocycles. The molecule has 0 saturated heterocycles. The van der Waals surface area contributed by atoms with Crippen LogP contribution in [0.25, 0.3) is 0 Å². The maximum atomic E-state index is 12.7. The van der Waals surface area contributed by atoms with Crippen LogP contribution in [0.2, 0.25) is 0 Å². The van der Waals surface area contributed by atoms with E-state index in [1.807, 2.05) is 0 Å². The van der Waals surface area contributed by atoms with Crippen molar-refractivity contribution in [1.82, 2.24) is 0 Å². The van der Waals surface area contributed by atoms with Crippen molar-refractivity contribution < 1.29 is 23.8 Å². The second-order valence-corrected chi connectivity index (χ2v) is 17.1. The van der Waals surface area contributed by atoms with Crippen molar-refractivity contribution in [2.75, 3.05) is 19.8 Å². The van der Waals surface area contributed by atoms with E-state index >= 15 is 0 Å². The van der Waals surface area contributed by atoms with Gasteiger partial charge in [0.05, 0.1) is 6.61 Å². The van der Waals surface area contributed by atoms with Crippen LogP contribution >= 0.6 is 0 Å². The summed E-state index contributed by atoms with van der Waals surface area (Å²) >= 11 is 0. The van der Waals surface area contributed by atoms with Gasteiger partial charge in [-0.2, -0.15) is 0 Å². The van der Waals surface area contributed by atoms with Gasteiger partial charge < -0.3 is 14.2 Å². The summed E-state index contributed by atoms with van der Waals surface area (Å²) in [6.07, 6.45) is 58.9. The lowest BCUT2D eigenvalue weighted by atomic mass is 10.0. The fourth-order valence-corrected chi connectivity index (χ4v) is 7.41. The molecule has 0 aliphatic heterocycles. The van der Waals surface area contributed by atoms with Crippen molar-refractivity contribution in [1.29, 1.82) is 0 Å². The van der Waals surface area contributed by atoms with Crippen LogP contribution in [-0.4, -0.2) is 37.9 Å². The summed E-state index contributed by atoms with van der Waals surface area (Å²) in [5.41, 5.74) is 0. The number of ether oxygens (including phenoxy) is 3. The minimum absolute atomic E-state index is 0.0812. The van der Waals surface area contributed by atoms with Crippen LogP contribution in [0.4, 0.5) is 0 Å². The molecule has 0 spiro atoms. The second-order valence-electron chi connectivity index (χ2n) is 17.1. The SMILES string of the molecule is CC/C=C\C/C=C\C/C=C\CCCCCCCC(=O)OCC(COCCCCCCCCCCCCCCCCCCCCCC)OC(=O)CCCCCCCCC. The molecule has 1 unspecified atom stereocenters. The van der Waals surface area contributed by atoms with Crippen LogP contribution < -0.4 is 0 Å². The van der Waals surface area contributed by atoms with Crippen LogP contribution in [0.15, 0.2) is 36.5 Å². The highest BCUT2D eigenvalue weighted by atomic mass is 16.6. The van der Waals surface area contributed by atoms with E-state index in [1.54, 1.807) is 0 Å². The second kappa shape index (κ2) is 49.5. The quantitative estimate of drug-likeness (QED) is 0.0348. The fourth-order valence-electron chi connectivity index (χ4n) is 7.41. The molecule has 58 heavy (non-hydrogen) atoms. The van der Waals surface area contributed by atoms with Crippen LogP contribution in [0.5, 0.6) is 0 Å². The molecule has 0 rings (SSSR count). The van der Waals surface area contributed by atoms with Gasteiger partial charge >= 0.3 is 11.9 Å². The summed E-state index contributed by atoms with van der Waals surface area (Å²) in [6.45, 7) is 7.71. The third-order valence-electron chi connectivity index (χ3n) is 11.2. The first kappa shape index (κ1) is 56.1. The van der Waals surface area contributed by atoms with Gasteiger partial charge in [0, 0.05) is 19.4 Å². The Balaban J connectivity index is 4.07. The molecule has 0 heterocycles. The van der Waals surface area contributed by atoms with Crippen molar-refractivity contribution in [2.45, 2.75) is 271 Å². The molecule has 340 valence electrons. The smallest absolute Gasteiger partial charge is 0.306 e. The Morgan fingerprint density at radius 1 is 0.397 bits per heavy atom. The van der Waals surface area contributed by atoms with E-state index in [4.69, 9.17) is 14.2 Å². The summed E-state index contributed by atoms with van der Waals surface area (Å²) < 4.78 is 17.3. The molecule has 0 fully saturated rings. The Kier molecular flexibility index (Phi) is 47.9. The summed E-state index contributed by atoms with van der Waals surface area (Å²) in [5, 5.41) is 0. The maximum Gasteiger partial charge on any atom is 0.306 e. The number of hydrogen-bond acceptors (Lipinski definition) is 5. The van der Waals surface area contributed by atoms with Gasteiger partial charge in [0.1, 0.15) is 6.61 Å². The van der Waals surface area contributed by atoms with Gasteiger partial charge in [0.25, 0.3) is 0 Å². The maximum absolute atomic E-state index is 12.7. The molecule has 0 bridgehead atoms. The number of allylic oxidation sites excluding steroid dienone is 6. The Labute approximate surface area is 361 Å². The molecule has 0 saturated carbocycles. The topological polar surface area (TPSA) is 61.8 Å². The van der Waals surface area contributed by atoms with E-state index < -0.39 is 6.10 Å². The van der Waals surface area contributed by atoms with Crippen LogP contribution in [0.1, 0.15) is 265 Å². The monoisotopic (exact) mass is 815 g/mol. The van der Waals surface area contributed by atoms with Crippen molar-refractivity contribution in [3.8, 4) is 0 Å². The zero-order valence-corrected chi connectivity index (χ0v) is 39.1. The molecular formula is C53H98O5. The number of rotatable bonds is 47. The van der Waals surface area contributed by atoms with Gasteiger partial charge in [-0.3, -0.25) is 9.59 Å². The summed E-state index contributed by atoms with van der Waals surface area (Å²) in [7, 11) is 0. The number of esters is 2. The fraction of sp³-hybridized carbons (Fsp3) is 0.849. The minimum Gasteiger partial charge on any atom is -0.462 e. The predicted molar refractivity (Wildman–Crippen MR) is 252 cm³/mol. The van der Waals surface area contributed by atoms with Crippen molar-refractivity contribution in [2.24, 2.45) is 0 Å². The van der Waals surface area contributed by atoms with Gasteiger partial charge in [-0.05, 0) is 51.4 Å². The summed E-state index contributed by atoms with van der Waals surface area (Å²) in [6, 6.07) is 0. The van der Waals surface area contributed by atoms with Gasteiger partial charge in [-0.15, -0.1) is 0 Å². The highest BCUT2D eigenvalue weighted by molar-refractivity contribution is 5.70. The van der Waals surface area contributed by atoms with Crippen molar-refractivity contribution in [3.63, 3.8) is 0 Å². The van der Waals surface area contributed by atoms with Gasteiger partial charge in [0.15, 0.2) is 6.10 Å². The van der Waals surface area contributed by atoms with E-state index in [-0.39, 0.29) is 25.2 Å². The first-order chi connectivity index (χ1) is 28.6. The molecule has 5 heteroatoms. The highest BCUT2D eigenvalue weighted by Gasteiger charge is 2.17. The summed E-state index contributed by atoms with van der Waals surface area (Å²) in [4.78, 5) is 25.2. The average molecular weight is 815 g/mol. The molecular weight excluding hydrogens is 717 g/mol.